The van der Waals surface area contributed by atoms with Gasteiger partial charge >= 0.3 is 0 Å². The van der Waals surface area contributed by atoms with E-state index in [1.165, 1.54) is 0 Å². The molecule has 0 saturated heterocycles. The average molecular weight is 485 g/mol. The molecule has 1 aromatic carbocycles. The van der Waals surface area contributed by atoms with E-state index in [1.54, 1.807) is 18.4 Å². The number of hydrogen-bond donors (Lipinski definition) is 2. The van der Waals surface area contributed by atoms with E-state index < -0.39 is 0 Å². The standard InChI is InChI=1S/C17H19N5O2S.HI/c1-18-16(19-10-13-11-22-5-8-25-17(22)21-13)20-12-3-4-14-15(9-12)24-7-2-6-23-14;/h3-5,8-9,11H,2,6-7,10H2,1H3,(H2,18,19,20);1H. The van der Waals surface area contributed by atoms with Crippen LogP contribution in [0.1, 0.15) is 12.1 Å². The van der Waals surface area contributed by atoms with E-state index in [1.807, 2.05) is 40.4 Å². The zero-order chi connectivity index (χ0) is 17.1. The lowest BCUT2D eigenvalue weighted by molar-refractivity contribution is 0.297. The van der Waals surface area contributed by atoms with Crippen LogP contribution < -0.4 is 20.1 Å². The van der Waals surface area contributed by atoms with Crippen LogP contribution in [0.3, 0.4) is 0 Å². The maximum Gasteiger partial charge on any atom is 0.195 e. The molecule has 138 valence electrons. The second kappa shape index (κ2) is 8.58. The van der Waals surface area contributed by atoms with Crippen LogP contribution >= 0.6 is 35.3 Å². The van der Waals surface area contributed by atoms with Gasteiger partial charge in [0.15, 0.2) is 22.4 Å². The molecule has 3 heterocycles. The molecule has 9 heteroatoms. The van der Waals surface area contributed by atoms with Crippen molar-refractivity contribution in [3.05, 3.63) is 41.7 Å². The number of guanidine groups is 1. The van der Waals surface area contributed by atoms with Crippen LogP contribution in [0.5, 0.6) is 11.5 Å². The molecule has 0 radical (unpaired) electrons. The summed E-state index contributed by atoms with van der Waals surface area (Å²) in [4.78, 5) is 9.80. The first-order valence-electron chi connectivity index (χ1n) is 8.10. The van der Waals surface area contributed by atoms with Gasteiger partial charge in [0.05, 0.1) is 25.5 Å². The smallest absolute Gasteiger partial charge is 0.195 e. The van der Waals surface area contributed by atoms with E-state index in [-0.39, 0.29) is 24.0 Å². The topological polar surface area (TPSA) is 72.2 Å². The number of rotatable bonds is 3. The predicted octanol–water partition coefficient (Wildman–Crippen LogP) is 3.36. The van der Waals surface area contributed by atoms with Crippen LogP contribution in [-0.2, 0) is 6.54 Å². The molecule has 0 aliphatic carbocycles. The van der Waals surface area contributed by atoms with Gasteiger partial charge in [-0.15, -0.1) is 35.3 Å². The minimum absolute atomic E-state index is 0. The normalized spacial score (nSPS) is 13.8. The lowest BCUT2D eigenvalue weighted by Gasteiger charge is -2.13. The Kier molecular flexibility index (Phi) is 6.20. The maximum absolute atomic E-state index is 5.72. The molecule has 2 aromatic heterocycles. The first-order valence-corrected chi connectivity index (χ1v) is 8.98. The highest BCUT2D eigenvalue weighted by atomic mass is 127. The van der Waals surface area contributed by atoms with Crippen LogP contribution in [0, 0.1) is 0 Å². The van der Waals surface area contributed by atoms with Crippen molar-refractivity contribution in [2.24, 2.45) is 4.99 Å². The third-order valence-corrected chi connectivity index (χ3v) is 4.58. The van der Waals surface area contributed by atoms with E-state index in [0.29, 0.717) is 25.7 Å². The quantitative estimate of drug-likeness (QED) is 0.338. The Morgan fingerprint density at radius 3 is 2.96 bits per heavy atom. The second-order valence-corrected chi connectivity index (χ2v) is 6.46. The predicted molar refractivity (Wildman–Crippen MR) is 114 cm³/mol. The van der Waals surface area contributed by atoms with Crippen molar-refractivity contribution < 1.29 is 9.47 Å². The number of thiazole rings is 1. The van der Waals surface area contributed by atoms with Crippen LogP contribution in [0.15, 0.2) is 41.0 Å². The molecule has 26 heavy (non-hydrogen) atoms. The molecule has 0 bridgehead atoms. The van der Waals surface area contributed by atoms with Gasteiger partial charge in [-0.3, -0.25) is 9.39 Å². The summed E-state index contributed by atoms with van der Waals surface area (Å²) in [5.41, 5.74) is 1.86. The number of aromatic nitrogens is 2. The minimum atomic E-state index is 0. The summed E-state index contributed by atoms with van der Waals surface area (Å²) in [7, 11) is 1.74. The Balaban J connectivity index is 0.00000196. The lowest BCUT2D eigenvalue weighted by atomic mass is 10.3. The number of aliphatic imine (C=N–C) groups is 1. The summed E-state index contributed by atoms with van der Waals surface area (Å²) in [6, 6.07) is 5.80. The summed E-state index contributed by atoms with van der Waals surface area (Å²) in [6.07, 6.45) is 4.91. The Hall–Kier alpha value is -2.01. The molecular formula is C17H20IN5O2S. The summed E-state index contributed by atoms with van der Waals surface area (Å²) < 4.78 is 13.4. The first kappa shape index (κ1) is 18.8. The Morgan fingerprint density at radius 2 is 2.15 bits per heavy atom. The largest absolute Gasteiger partial charge is 0.490 e. The number of halogens is 1. The fourth-order valence-electron chi connectivity index (χ4n) is 2.59. The zero-order valence-electron chi connectivity index (χ0n) is 14.3. The summed E-state index contributed by atoms with van der Waals surface area (Å²) in [6.45, 7) is 1.95. The van der Waals surface area contributed by atoms with Gasteiger partial charge < -0.3 is 20.1 Å². The molecule has 1 aliphatic heterocycles. The van der Waals surface area contributed by atoms with Crippen LogP contribution in [-0.4, -0.2) is 35.6 Å². The van der Waals surface area contributed by atoms with Gasteiger partial charge in [-0.1, -0.05) is 0 Å². The third-order valence-electron chi connectivity index (χ3n) is 3.81. The molecule has 0 atom stereocenters. The fourth-order valence-corrected chi connectivity index (χ4v) is 3.31. The zero-order valence-corrected chi connectivity index (χ0v) is 17.4. The van der Waals surface area contributed by atoms with Gasteiger partial charge in [0.2, 0.25) is 0 Å². The maximum atomic E-state index is 5.72. The van der Waals surface area contributed by atoms with Crippen molar-refractivity contribution in [1.82, 2.24) is 14.7 Å². The van der Waals surface area contributed by atoms with Crippen molar-refractivity contribution >= 4 is 51.9 Å². The second-order valence-electron chi connectivity index (χ2n) is 5.59. The summed E-state index contributed by atoms with van der Waals surface area (Å²) in [5, 5.41) is 8.56. The van der Waals surface area contributed by atoms with E-state index >= 15 is 0 Å². The van der Waals surface area contributed by atoms with Crippen molar-refractivity contribution in [2.75, 3.05) is 25.6 Å². The molecule has 1 aliphatic rings. The highest BCUT2D eigenvalue weighted by Gasteiger charge is 2.11. The van der Waals surface area contributed by atoms with Crippen molar-refractivity contribution in [3.8, 4) is 11.5 Å². The van der Waals surface area contributed by atoms with Gasteiger partial charge in [-0.25, -0.2) is 4.98 Å². The minimum Gasteiger partial charge on any atom is -0.490 e. The van der Waals surface area contributed by atoms with Gasteiger partial charge in [-0.05, 0) is 12.1 Å². The van der Waals surface area contributed by atoms with Crippen molar-refractivity contribution in [1.29, 1.82) is 0 Å². The molecule has 3 aromatic rings. The number of ether oxygens (including phenoxy) is 2. The number of nitrogens with one attached hydrogen (secondary N) is 2. The van der Waals surface area contributed by atoms with Gasteiger partial charge in [0, 0.05) is 43.0 Å². The Morgan fingerprint density at radius 1 is 1.31 bits per heavy atom. The van der Waals surface area contributed by atoms with E-state index in [0.717, 1.165) is 34.3 Å². The molecule has 0 spiro atoms. The van der Waals surface area contributed by atoms with Crippen molar-refractivity contribution in [2.45, 2.75) is 13.0 Å². The number of fused-ring (bicyclic) bond motifs is 2. The lowest BCUT2D eigenvalue weighted by Crippen LogP contribution is -2.30. The number of nitrogens with zero attached hydrogens (tertiary/aromatic N) is 3. The number of hydrogen-bond acceptors (Lipinski definition) is 5. The van der Waals surface area contributed by atoms with E-state index in [4.69, 9.17) is 9.47 Å². The number of imidazole rings is 1. The van der Waals surface area contributed by atoms with Crippen LogP contribution in [0.4, 0.5) is 5.69 Å². The summed E-state index contributed by atoms with van der Waals surface area (Å²) >= 11 is 1.62. The Bertz CT molecular complexity index is 879. The van der Waals surface area contributed by atoms with Gasteiger partial charge in [0.25, 0.3) is 0 Å². The molecule has 0 amide bonds. The van der Waals surface area contributed by atoms with E-state index in [2.05, 4.69) is 20.6 Å². The summed E-state index contributed by atoms with van der Waals surface area (Å²) in [5.74, 6) is 2.21. The Labute approximate surface area is 172 Å². The SMILES string of the molecule is CN=C(NCc1cn2ccsc2n1)Nc1ccc2c(c1)OCCCO2.I. The number of anilines is 1. The average Bonchev–Trinajstić information content (AvgIpc) is 3.13. The first-order chi connectivity index (χ1) is 12.3. The van der Waals surface area contributed by atoms with Gasteiger partial charge in [0.1, 0.15) is 0 Å². The molecule has 2 N–H and O–H groups in total. The molecule has 0 unspecified atom stereocenters. The molecule has 4 rings (SSSR count). The molecule has 7 nitrogen and oxygen atoms in total. The van der Waals surface area contributed by atoms with Gasteiger partial charge in [-0.2, -0.15) is 0 Å². The highest BCUT2D eigenvalue weighted by Crippen LogP contribution is 2.32. The highest BCUT2D eigenvalue weighted by molar-refractivity contribution is 14.0. The van der Waals surface area contributed by atoms with Crippen molar-refractivity contribution in [3.63, 3.8) is 0 Å². The van der Waals surface area contributed by atoms with Crippen LogP contribution in [0.25, 0.3) is 4.96 Å². The molecule has 0 fully saturated rings. The molecular weight excluding hydrogens is 465 g/mol. The third kappa shape index (κ3) is 4.21. The fraction of sp³-hybridized carbons (Fsp3) is 0.294. The van der Waals surface area contributed by atoms with Crippen LogP contribution in [0.2, 0.25) is 0 Å². The van der Waals surface area contributed by atoms with E-state index in [9.17, 15) is 0 Å². The monoisotopic (exact) mass is 485 g/mol. The molecule has 0 saturated carbocycles. The number of benzene rings is 1.